The Balaban J connectivity index is 1.95. The number of rotatable bonds is 7. The van der Waals surface area contributed by atoms with Crippen molar-refractivity contribution in [2.75, 3.05) is 5.73 Å². The van der Waals surface area contributed by atoms with E-state index < -0.39 is 17.3 Å². The monoisotopic (exact) mass is 429 g/mol. The summed E-state index contributed by atoms with van der Waals surface area (Å²) in [4.78, 5) is 21.8. The van der Waals surface area contributed by atoms with Gasteiger partial charge in [-0.25, -0.2) is 0 Å². The highest BCUT2D eigenvalue weighted by Gasteiger charge is 2.39. The van der Waals surface area contributed by atoms with Gasteiger partial charge in [0, 0.05) is 28.2 Å². The van der Waals surface area contributed by atoms with Crippen molar-refractivity contribution in [3.63, 3.8) is 0 Å². The lowest BCUT2D eigenvalue weighted by atomic mass is 9.80. The van der Waals surface area contributed by atoms with Gasteiger partial charge < -0.3 is 20.5 Å². The van der Waals surface area contributed by atoms with Gasteiger partial charge in [0.15, 0.2) is 16.7 Å². The van der Waals surface area contributed by atoms with Crippen LogP contribution in [0.4, 0.5) is 5.13 Å². The first-order valence-electron chi connectivity index (χ1n) is 9.35. The highest BCUT2D eigenvalue weighted by atomic mass is 32.1. The Morgan fingerprint density at radius 2 is 1.32 bits per heavy atom. The number of carboxylic acid groups (broad SMARTS) is 1. The summed E-state index contributed by atoms with van der Waals surface area (Å²) in [5, 5.41) is 15.9. The zero-order valence-corrected chi connectivity index (χ0v) is 17.0. The molecule has 154 valence electrons. The molecule has 8 heteroatoms. The van der Waals surface area contributed by atoms with Crippen molar-refractivity contribution in [2.24, 2.45) is 5.16 Å². The van der Waals surface area contributed by atoms with Gasteiger partial charge in [-0.1, -0.05) is 96.2 Å². The molecule has 4 aromatic rings. The lowest BCUT2D eigenvalue weighted by molar-refractivity contribution is -0.294. The van der Waals surface area contributed by atoms with Crippen molar-refractivity contribution in [1.82, 2.24) is 9.36 Å². The number of nitrogens with zero attached hydrogens (tertiary/aromatic N) is 3. The minimum absolute atomic E-state index is 0.115. The van der Waals surface area contributed by atoms with Crippen LogP contribution in [0.3, 0.4) is 0 Å². The Kier molecular flexibility index (Phi) is 5.72. The summed E-state index contributed by atoms with van der Waals surface area (Å²) in [7, 11) is 0. The summed E-state index contributed by atoms with van der Waals surface area (Å²) in [5.74, 6) is -1.73. The molecule has 0 atom stereocenters. The minimum Gasteiger partial charge on any atom is -0.543 e. The van der Waals surface area contributed by atoms with Gasteiger partial charge >= 0.3 is 0 Å². The van der Waals surface area contributed by atoms with Gasteiger partial charge in [0.25, 0.3) is 0 Å². The van der Waals surface area contributed by atoms with Crippen molar-refractivity contribution in [2.45, 2.75) is 5.60 Å². The van der Waals surface area contributed by atoms with Crippen LogP contribution >= 0.6 is 11.5 Å². The molecule has 4 rings (SSSR count). The number of hydrogen-bond acceptors (Lipinski definition) is 8. The fraction of sp³-hybridized carbons (Fsp3) is 0.0435. The number of aromatic nitrogens is 2. The highest BCUT2D eigenvalue weighted by Crippen LogP contribution is 2.40. The van der Waals surface area contributed by atoms with E-state index in [9.17, 15) is 9.90 Å². The van der Waals surface area contributed by atoms with E-state index in [1.54, 1.807) is 0 Å². The zero-order valence-electron chi connectivity index (χ0n) is 16.2. The molecule has 0 spiro atoms. The molecule has 1 aromatic heterocycles. The maximum absolute atomic E-state index is 11.8. The summed E-state index contributed by atoms with van der Waals surface area (Å²) < 4.78 is 3.93. The van der Waals surface area contributed by atoms with Gasteiger partial charge in [0.1, 0.15) is 0 Å². The van der Waals surface area contributed by atoms with Crippen molar-refractivity contribution >= 4 is 28.3 Å². The van der Waals surface area contributed by atoms with Gasteiger partial charge in [0.2, 0.25) is 5.60 Å². The van der Waals surface area contributed by atoms with Crippen LogP contribution in [0, 0.1) is 0 Å². The first kappa shape index (κ1) is 20.2. The van der Waals surface area contributed by atoms with Crippen molar-refractivity contribution in [3.05, 3.63) is 114 Å². The molecule has 2 N–H and O–H groups in total. The van der Waals surface area contributed by atoms with Gasteiger partial charge in [-0.3, -0.25) is 0 Å². The number of nitrogens with two attached hydrogens (primary N) is 1. The van der Waals surface area contributed by atoms with Crippen LogP contribution < -0.4 is 10.8 Å². The van der Waals surface area contributed by atoms with Crippen LogP contribution in [0.2, 0.25) is 0 Å². The van der Waals surface area contributed by atoms with Crippen LogP contribution in [0.15, 0.2) is 96.2 Å². The second kappa shape index (κ2) is 8.76. The molecule has 1 heterocycles. The molecule has 0 fully saturated rings. The third kappa shape index (κ3) is 4.01. The quantitative estimate of drug-likeness (QED) is 0.274. The molecule has 0 aliphatic heterocycles. The Morgan fingerprint density at radius 1 is 0.871 bits per heavy atom. The average molecular weight is 429 g/mol. The standard InChI is InChI=1S/C23H18N4O3S/c24-22-25-20(27-31-22)19(21(28)29)26-30-23(16-10-4-1-5-11-16,17-12-6-2-7-13-17)18-14-8-3-9-15-18/h1-15H,(H,28,29)(H2,24,25,27)/p-1/b26-19-. The minimum atomic E-state index is -1.57. The first-order valence-corrected chi connectivity index (χ1v) is 10.1. The lowest BCUT2D eigenvalue weighted by Crippen LogP contribution is -2.36. The molecule has 3 aromatic carbocycles. The average Bonchev–Trinajstić information content (AvgIpc) is 3.24. The number of carbonyl (C=O) groups is 1. The van der Waals surface area contributed by atoms with Crippen LogP contribution in [0.5, 0.6) is 0 Å². The van der Waals surface area contributed by atoms with Gasteiger partial charge in [0.05, 0.1) is 5.97 Å². The van der Waals surface area contributed by atoms with E-state index in [-0.39, 0.29) is 11.0 Å². The number of nitrogen functional groups attached to an aromatic ring is 1. The second-order valence-corrected chi connectivity index (χ2v) is 7.34. The van der Waals surface area contributed by atoms with E-state index in [0.29, 0.717) is 0 Å². The summed E-state index contributed by atoms with van der Waals surface area (Å²) >= 11 is 0.862. The Hall–Kier alpha value is -4.04. The first-order chi connectivity index (χ1) is 15.1. The SMILES string of the molecule is Nc1nc(/C(=N/OC(c2ccccc2)(c2ccccc2)c2ccccc2)C(=O)[O-])ns1. The van der Waals surface area contributed by atoms with Crippen LogP contribution in [0.1, 0.15) is 22.5 Å². The Morgan fingerprint density at radius 3 is 1.68 bits per heavy atom. The van der Waals surface area contributed by atoms with Crippen LogP contribution in [-0.4, -0.2) is 21.0 Å². The molecule has 0 saturated heterocycles. The van der Waals surface area contributed by atoms with E-state index in [2.05, 4.69) is 14.5 Å². The number of carbonyl (C=O) groups excluding carboxylic acids is 1. The van der Waals surface area contributed by atoms with Crippen molar-refractivity contribution in [1.29, 1.82) is 0 Å². The number of benzene rings is 3. The number of aliphatic carboxylic acids is 1. The Labute approximate surface area is 182 Å². The molecular weight excluding hydrogens is 412 g/mol. The van der Waals surface area contributed by atoms with E-state index in [1.165, 1.54) is 0 Å². The molecule has 0 bridgehead atoms. The zero-order chi connectivity index (χ0) is 21.7. The number of anilines is 1. The summed E-state index contributed by atoms with van der Waals surface area (Å²) in [6, 6.07) is 28.3. The van der Waals surface area contributed by atoms with E-state index in [1.807, 2.05) is 91.0 Å². The van der Waals surface area contributed by atoms with E-state index >= 15 is 0 Å². The molecule has 0 aliphatic rings. The molecular formula is C23H17N4O3S-. The van der Waals surface area contributed by atoms with Crippen LogP contribution in [0.25, 0.3) is 0 Å². The van der Waals surface area contributed by atoms with Gasteiger partial charge in [-0.2, -0.15) is 9.36 Å². The third-order valence-electron chi connectivity index (χ3n) is 4.66. The topological polar surface area (TPSA) is 114 Å². The molecule has 31 heavy (non-hydrogen) atoms. The molecule has 0 aliphatic carbocycles. The summed E-state index contributed by atoms with van der Waals surface area (Å²) in [6.45, 7) is 0. The lowest BCUT2D eigenvalue weighted by Gasteiger charge is -2.33. The highest BCUT2D eigenvalue weighted by molar-refractivity contribution is 7.09. The fourth-order valence-corrected chi connectivity index (χ4v) is 3.73. The van der Waals surface area contributed by atoms with Crippen LogP contribution in [-0.2, 0) is 15.2 Å². The van der Waals surface area contributed by atoms with Crippen molar-refractivity contribution < 1.29 is 14.7 Å². The van der Waals surface area contributed by atoms with Gasteiger partial charge in [-0.15, -0.1) is 0 Å². The summed E-state index contributed by atoms with van der Waals surface area (Å²) in [6.07, 6.45) is 0. The largest absolute Gasteiger partial charge is 0.543 e. The number of hydrogen-bond donors (Lipinski definition) is 1. The smallest absolute Gasteiger partial charge is 0.212 e. The van der Waals surface area contributed by atoms with E-state index in [4.69, 9.17) is 10.6 Å². The second-order valence-electron chi connectivity index (χ2n) is 6.55. The maximum Gasteiger partial charge on any atom is 0.212 e. The molecule has 0 unspecified atom stereocenters. The number of oxime groups is 1. The summed E-state index contributed by atoms with van der Waals surface area (Å²) in [5.41, 5.74) is 6.13. The molecule has 0 amide bonds. The predicted molar refractivity (Wildman–Crippen MR) is 116 cm³/mol. The fourth-order valence-electron chi connectivity index (χ4n) is 3.29. The number of carboxylic acids is 1. The Bertz CT molecular complexity index is 1100. The van der Waals surface area contributed by atoms with Gasteiger partial charge in [-0.05, 0) is 0 Å². The van der Waals surface area contributed by atoms with E-state index in [0.717, 1.165) is 28.2 Å². The maximum atomic E-state index is 11.8. The molecule has 0 radical (unpaired) electrons. The third-order valence-corrected chi connectivity index (χ3v) is 5.20. The molecule has 0 saturated carbocycles. The predicted octanol–water partition coefficient (Wildman–Crippen LogP) is 2.58. The molecule has 7 nitrogen and oxygen atoms in total. The normalized spacial score (nSPS) is 11.8. The van der Waals surface area contributed by atoms with Crippen molar-refractivity contribution in [3.8, 4) is 0 Å².